The van der Waals surface area contributed by atoms with Gasteiger partial charge in [-0.1, -0.05) is 6.92 Å². The Morgan fingerprint density at radius 3 is 2.80 bits per heavy atom. The van der Waals surface area contributed by atoms with E-state index in [1.807, 2.05) is 49.4 Å². The number of anilines is 1. The van der Waals surface area contributed by atoms with Crippen molar-refractivity contribution in [3.63, 3.8) is 0 Å². The maximum atomic E-state index is 5.73. The lowest BCUT2D eigenvalue weighted by Crippen LogP contribution is -2.08. The Bertz CT molecular complexity index is 1150. The molecule has 0 aromatic carbocycles. The minimum absolute atomic E-state index is 0.270. The summed E-state index contributed by atoms with van der Waals surface area (Å²) in [4.78, 5) is 9.27. The van der Waals surface area contributed by atoms with Crippen LogP contribution >= 0.6 is 0 Å². The highest BCUT2D eigenvalue weighted by Crippen LogP contribution is 2.33. The van der Waals surface area contributed by atoms with Gasteiger partial charge in [-0.05, 0) is 38.5 Å². The average molecular weight is 406 g/mol. The molecule has 0 aliphatic carbocycles. The second-order valence-electron chi connectivity index (χ2n) is 7.30. The minimum Gasteiger partial charge on any atom is -0.477 e. The molecule has 0 amide bonds. The molecule has 0 aliphatic heterocycles. The Morgan fingerprint density at radius 2 is 2.07 bits per heavy atom. The average Bonchev–Trinajstić information content (AvgIpc) is 3.38. The van der Waals surface area contributed by atoms with E-state index in [1.165, 1.54) is 0 Å². The second kappa shape index (κ2) is 8.52. The van der Waals surface area contributed by atoms with Gasteiger partial charge in [0.2, 0.25) is 5.88 Å². The third kappa shape index (κ3) is 3.85. The van der Waals surface area contributed by atoms with Gasteiger partial charge >= 0.3 is 0 Å². The molecule has 4 heterocycles. The van der Waals surface area contributed by atoms with Crippen molar-refractivity contribution >= 4 is 16.7 Å². The van der Waals surface area contributed by atoms with E-state index in [4.69, 9.17) is 9.72 Å². The Balaban J connectivity index is 1.82. The molecule has 1 atom stereocenters. The maximum Gasteiger partial charge on any atom is 0.222 e. The number of fused-ring (bicyclic) bond motifs is 1. The molecule has 0 bridgehead atoms. The quantitative estimate of drug-likeness (QED) is 0.473. The van der Waals surface area contributed by atoms with Gasteiger partial charge in [0.05, 0.1) is 35.9 Å². The normalized spacial score (nSPS) is 12.3. The van der Waals surface area contributed by atoms with Crippen LogP contribution in [0.15, 0.2) is 43.0 Å². The molecule has 4 aromatic rings. The van der Waals surface area contributed by atoms with Crippen molar-refractivity contribution in [3.8, 4) is 17.1 Å². The Hall–Kier alpha value is -3.42. The van der Waals surface area contributed by atoms with E-state index in [0.717, 1.165) is 40.0 Å². The molecule has 0 radical (unpaired) electrons. The number of pyridine rings is 2. The molecule has 30 heavy (non-hydrogen) atoms. The number of ether oxygens (including phenoxy) is 1. The summed E-state index contributed by atoms with van der Waals surface area (Å²) in [5, 5.41) is 12.5. The maximum absolute atomic E-state index is 5.73. The fourth-order valence-electron chi connectivity index (χ4n) is 3.44. The number of hydrogen-bond donors (Lipinski definition) is 1. The first-order valence-electron chi connectivity index (χ1n) is 10.3. The first-order chi connectivity index (χ1) is 14.6. The lowest BCUT2D eigenvalue weighted by atomic mass is 10.1. The monoisotopic (exact) mass is 405 g/mol. The van der Waals surface area contributed by atoms with Gasteiger partial charge in [0.1, 0.15) is 11.0 Å². The van der Waals surface area contributed by atoms with Gasteiger partial charge in [-0.15, -0.1) is 0 Å². The number of rotatable bonds is 8. The van der Waals surface area contributed by atoms with Gasteiger partial charge in [0, 0.05) is 37.6 Å². The van der Waals surface area contributed by atoms with Crippen LogP contribution in [-0.2, 0) is 13.6 Å². The lowest BCUT2D eigenvalue weighted by molar-refractivity contribution is 0.328. The molecule has 8 heteroatoms. The molecule has 0 fully saturated rings. The van der Waals surface area contributed by atoms with Crippen molar-refractivity contribution < 1.29 is 4.74 Å². The van der Waals surface area contributed by atoms with Crippen molar-refractivity contribution in [2.24, 2.45) is 7.05 Å². The first kappa shape index (κ1) is 19.9. The summed E-state index contributed by atoms with van der Waals surface area (Å²) >= 11 is 0. The predicted octanol–water partition coefficient (Wildman–Crippen LogP) is 4.21. The Morgan fingerprint density at radius 1 is 1.20 bits per heavy atom. The van der Waals surface area contributed by atoms with Gasteiger partial charge in [0.25, 0.3) is 0 Å². The molecule has 4 aromatic heterocycles. The molecule has 0 aliphatic rings. The van der Waals surface area contributed by atoms with Crippen molar-refractivity contribution in [1.82, 2.24) is 29.5 Å². The topological polar surface area (TPSA) is 82.7 Å². The van der Waals surface area contributed by atoms with Gasteiger partial charge in [-0.3, -0.25) is 9.36 Å². The van der Waals surface area contributed by atoms with E-state index >= 15 is 0 Å². The zero-order valence-electron chi connectivity index (χ0n) is 17.8. The van der Waals surface area contributed by atoms with Gasteiger partial charge < -0.3 is 10.1 Å². The highest BCUT2D eigenvalue weighted by Gasteiger charge is 2.18. The van der Waals surface area contributed by atoms with Gasteiger partial charge in [0.15, 0.2) is 0 Å². The molecule has 0 spiro atoms. The summed E-state index contributed by atoms with van der Waals surface area (Å²) < 4.78 is 9.58. The van der Waals surface area contributed by atoms with Crippen LogP contribution in [0.1, 0.15) is 38.8 Å². The highest BCUT2D eigenvalue weighted by atomic mass is 16.5. The summed E-state index contributed by atoms with van der Waals surface area (Å²) in [7, 11) is 1.92. The third-order valence-electron chi connectivity index (χ3n) is 5.13. The van der Waals surface area contributed by atoms with E-state index < -0.39 is 0 Å². The van der Waals surface area contributed by atoms with Crippen LogP contribution in [0, 0.1) is 0 Å². The van der Waals surface area contributed by atoms with E-state index in [9.17, 15) is 0 Å². The number of nitrogens with zero attached hydrogens (tertiary/aromatic N) is 6. The molecule has 1 N–H and O–H groups in total. The number of aromatic nitrogens is 6. The number of aryl methyl sites for hydroxylation is 1. The van der Waals surface area contributed by atoms with Gasteiger partial charge in [-0.25, -0.2) is 9.97 Å². The molecule has 0 unspecified atom stereocenters. The molecule has 4 rings (SSSR count). The van der Waals surface area contributed by atoms with Crippen molar-refractivity contribution in [2.45, 2.75) is 39.8 Å². The first-order valence-corrected chi connectivity index (χ1v) is 10.3. The minimum atomic E-state index is 0.270. The molecule has 0 saturated carbocycles. The lowest BCUT2D eigenvalue weighted by Gasteiger charge is -2.16. The standard InChI is InChI=1S/C22H27N7O/c1-5-15(3)29-21-19(24-11-16-12-25-28(4)14-16)10-18(27-20(21)13-26-29)17-8-7-9-23-22(17)30-6-2/h7-10,12-15H,5-6,11H2,1-4H3,(H,24,27)/t15-/m0/s1. The molecule has 0 saturated heterocycles. The molecule has 156 valence electrons. The fraction of sp³-hybridized carbons (Fsp3) is 0.364. The van der Waals surface area contributed by atoms with Crippen LogP contribution in [0.4, 0.5) is 5.69 Å². The van der Waals surface area contributed by atoms with Crippen molar-refractivity contribution in [2.75, 3.05) is 11.9 Å². The van der Waals surface area contributed by atoms with Crippen LogP contribution in [-0.4, -0.2) is 36.1 Å². The van der Waals surface area contributed by atoms with Crippen LogP contribution in [0.25, 0.3) is 22.3 Å². The van der Waals surface area contributed by atoms with E-state index in [-0.39, 0.29) is 6.04 Å². The Labute approximate surface area is 175 Å². The van der Waals surface area contributed by atoms with Crippen molar-refractivity contribution in [3.05, 3.63) is 48.5 Å². The SMILES string of the molecule is CCOc1ncccc1-c1cc(NCc2cnn(C)c2)c2c(cnn2[C@@H](C)CC)n1. The summed E-state index contributed by atoms with van der Waals surface area (Å²) in [6.07, 6.45) is 8.42. The molecular weight excluding hydrogens is 378 g/mol. The van der Waals surface area contributed by atoms with Crippen LogP contribution in [0.3, 0.4) is 0 Å². The van der Waals surface area contributed by atoms with E-state index in [0.29, 0.717) is 19.0 Å². The number of hydrogen-bond acceptors (Lipinski definition) is 6. The summed E-state index contributed by atoms with van der Waals surface area (Å²) in [6, 6.07) is 6.20. The summed E-state index contributed by atoms with van der Waals surface area (Å²) in [6.45, 7) is 7.48. The molecule has 8 nitrogen and oxygen atoms in total. The van der Waals surface area contributed by atoms with Crippen molar-refractivity contribution in [1.29, 1.82) is 0 Å². The largest absolute Gasteiger partial charge is 0.477 e. The van der Waals surface area contributed by atoms with E-state index in [2.05, 4.69) is 40.4 Å². The van der Waals surface area contributed by atoms with E-state index in [1.54, 1.807) is 10.9 Å². The van der Waals surface area contributed by atoms with Gasteiger partial charge in [-0.2, -0.15) is 10.2 Å². The zero-order valence-corrected chi connectivity index (χ0v) is 17.8. The zero-order chi connectivity index (χ0) is 21.1. The van der Waals surface area contributed by atoms with Crippen LogP contribution in [0.2, 0.25) is 0 Å². The van der Waals surface area contributed by atoms with Crippen LogP contribution < -0.4 is 10.1 Å². The highest BCUT2D eigenvalue weighted by molar-refractivity contribution is 5.91. The predicted molar refractivity (Wildman–Crippen MR) is 117 cm³/mol. The third-order valence-corrected chi connectivity index (χ3v) is 5.13. The van der Waals surface area contributed by atoms with Crippen LogP contribution in [0.5, 0.6) is 5.88 Å². The number of nitrogens with one attached hydrogen (secondary N) is 1. The molecular formula is C22H27N7O. The second-order valence-corrected chi connectivity index (χ2v) is 7.30. The summed E-state index contributed by atoms with van der Waals surface area (Å²) in [5.74, 6) is 0.583. The Kier molecular flexibility index (Phi) is 5.65. The fourth-order valence-corrected chi connectivity index (χ4v) is 3.44. The summed E-state index contributed by atoms with van der Waals surface area (Å²) in [5.41, 5.74) is 5.59. The smallest absolute Gasteiger partial charge is 0.222 e.